The van der Waals surface area contributed by atoms with Crippen LogP contribution in [0.3, 0.4) is 0 Å². The number of likely N-dealkylation sites (tertiary alicyclic amines) is 1. The molecule has 3 heterocycles. The van der Waals surface area contributed by atoms with Gasteiger partial charge < -0.3 is 4.90 Å². The quantitative estimate of drug-likeness (QED) is 0.297. The van der Waals surface area contributed by atoms with E-state index in [1.54, 1.807) is 16.8 Å². The van der Waals surface area contributed by atoms with Gasteiger partial charge in [0.25, 0.3) is 0 Å². The molecule has 0 bridgehead atoms. The summed E-state index contributed by atoms with van der Waals surface area (Å²) in [5.41, 5.74) is 3.43. The van der Waals surface area contributed by atoms with Crippen LogP contribution in [-0.4, -0.2) is 54.6 Å². The minimum absolute atomic E-state index is 0.119. The van der Waals surface area contributed by atoms with Crippen molar-refractivity contribution in [1.29, 1.82) is 0 Å². The third-order valence-corrected chi connectivity index (χ3v) is 7.14. The molecule has 34 heavy (non-hydrogen) atoms. The van der Waals surface area contributed by atoms with Crippen LogP contribution in [-0.2, 0) is 17.8 Å². The Kier molecular flexibility index (Phi) is 6.80. The van der Waals surface area contributed by atoms with Gasteiger partial charge in [-0.2, -0.15) is 0 Å². The molecule has 0 radical (unpaired) electrons. The number of aromatic nitrogens is 5. The van der Waals surface area contributed by atoms with Crippen LogP contribution in [0, 0.1) is 11.7 Å². The number of thioether (sulfide) groups is 1. The van der Waals surface area contributed by atoms with Gasteiger partial charge in [-0.15, -0.1) is 5.10 Å². The zero-order chi connectivity index (χ0) is 23.3. The minimum Gasteiger partial charge on any atom is -0.342 e. The Morgan fingerprint density at radius 2 is 1.76 bits per heavy atom. The number of piperidine rings is 1. The standard InChI is InChI=1S/C25H25FN6OS/c26-21-8-6-20(7-9-21)15-32-24-23(29-30-32)25(28-17-27-24)34-16-22(33)31-12-10-19(11-13-31)14-18-4-2-1-3-5-18/h1-9,17,19H,10-16H2. The van der Waals surface area contributed by atoms with Crippen molar-refractivity contribution >= 4 is 28.8 Å². The molecule has 5 rings (SSSR count). The summed E-state index contributed by atoms with van der Waals surface area (Å²) in [5.74, 6) is 0.768. The second-order valence-electron chi connectivity index (χ2n) is 8.53. The number of benzene rings is 2. The van der Waals surface area contributed by atoms with E-state index in [-0.39, 0.29) is 11.7 Å². The second kappa shape index (κ2) is 10.3. The number of hydrogen-bond acceptors (Lipinski definition) is 6. The van der Waals surface area contributed by atoms with Gasteiger partial charge in [0.2, 0.25) is 5.91 Å². The first-order valence-corrected chi connectivity index (χ1v) is 12.4. The molecule has 0 spiro atoms. The van der Waals surface area contributed by atoms with Gasteiger partial charge in [-0.05, 0) is 48.4 Å². The molecule has 174 valence electrons. The highest BCUT2D eigenvalue weighted by molar-refractivity contribution is 8.00. The number of nitrogens with zero attached hydrogens (tertiary/aromatic N) is 6. The first-order valence-electron chi connectivity index (χ1n) is 11.4. The number of carbonyl (C=O) groups excluding carboxylic acids is 1. The summed E-state index contributed by atoms with van der Waals surface area (Å²) in [6.07, 6.45) is 4.60. The number of fused-ring (bicyclic) bond motifs is 1. The summed E-state index contributed by atoms with van der Waals surface area (Å²) in [6.45, 7) is 2.02. The average molecular weight is 477 g/mol. The Morgan fingerprint density at radius 1 is 1.00 bits per heavy atom. The molecule has 0 unspecified atom stereocenters. The van der Waals surface area contributed by atoms with Crippen molar-refractivity contribution < 1.29 is 9.18 Å². The highest BCUT2D eigenvalue weighted by Gasteiger charge is 2.23. The van der Waals surface area contributed by atoms with E-state index in [1.807, 2.05) is 11.0 Å². The average Bonchev–Trinajstić information content (AvgIpc) is 3.28. The van der Waals surface area contributed by atoms with Crippen molar-refractivity contribution in [1.82, 2.24) is 29.9 Å². The van der Waals surface area contributed by atoms with E-state index >= 15 is 0 Å². The normalized spacial score (nSPS) is 14.6. The molecule has 9 heteroatoms. The van der Waals surface area contributed by atoms with E-state index in [4.69, 9.17) is 0 Å². The smallest absolute Gasteiger partial charge is 0.232 e. The van der Waals surface area contributed by atoms with Crippen LogP contribution in [0.15, 0.2) is 66.0 Å². The zero-order valence-electron chi connectivity index (χ0n) is 18.7. The Hall–Kier alpha value is -3.33. The van der Waals surface area contributed by atoms with E-state index in [1.165, 1.54) is 35.8 Å². The van der Waals surface area contributed by atoms with Crippen LogP contribution in [0.5, 0.6) is 0 Å². The summed E-state index contributed by atoms with van der Waals surface area (Å²) < 4.78 is 14.8. The second-order valence-corrected chi connectivity index (χ2v) is 9.49. The lowest BCUT2D eigenvalue weighted by atomic mass is 9.90. The summed E-state index contributed by atoms with van der Waals surface area (Å²) in [6, 6.07) is 16.8. The SMILES string of the molecule is O=C(CSc1ncnc2c1nnn2Cc1ccc(F)cc1)N1CCC(Cc2ccccc2)CC1. The lowest BCUT2D eigenvalue weighted by Crippen LogP contribution is -2.39. The maximum absolute atomic E-state index is 13.2. The highest BCUT2D eigenvalue weighted by Crippen LogP contribution is 2.25. The van der Waals surface area contributed by atoms with Crippen LogP contribution < -0.4 is 0 Å². The van der Waals surface area contributed by atoms with Gasteiger partial charge in [-0.3, -0.25) is 4.79 Å². The molecule has 1 aliphatic heterocycles. The van der Waals surface area contributed by atoms with Gasteiger partial charge in [0.05, 0.1) is 12.3 Å². The Labute approximate surface area is 201 Å². The van der Waals surface area contributed by atoms with Gasteiger partial charge >= 0.3 is 0 Å². The fourth-order valence-electron chi connectivity index (χ4n) is 4.30. The molecule has 1 aliphatic rings. The summed E-state index contributed by atoms with van der Waals surface area (Å²) >= 11 is 1.37. The van der Waals surface area contributed by atoms with Crippen LogP contribution in [0.1, 0.15) is 24.0 Å². The van der Waals surface area contributed by atoms with Crippen molar-refractivity contribution in [3.63, 3.8) is 0 Å². The number of hydrogen-bond donors (Lipinski definition) is 0. The van der Waals surface area contributed by atoms with E-state index in [0.29, 0.717) is 34.4 Å². The van der Waals surface area contributed by atoms with Crippen LogP contribution in [0.25, 0.3) is 11.2 Å². The molecular weight excluding hydrogens is 451 g/mol. The van der Waals surface area contributed by atoms with Crippen molar-refractivity contribution in [2.75, 3.05) is 18.8 Å². The number of carbonyl (C=O) groups is 1. The molecule has 2 aromatic carbocycles. The molecule has 0 N–H and O–H groups in total. The predicted octanol–water partition coefficient (Wildman–Crippen LogP) is 3.98. The molecule has 1 amide bonds. The highest BCUT2D eigenvalue weighted by atomic mass is 32.2. The molecule has 0 saturated carbocycles. The Bertz CT molecular complexity index is 1260. The first-order chi connectivity index (χ1) is 16.7. The van der Waals surface area contributed by atoms with E-state index in [2.05, 4.69) is 44.5 Å². The predicted molar refractivity (Wildman–Crippen MR) is 129 cm³/mol. The molecule has 2 aromatic heterocycles. The molecule has 1 fully saturated rings. The van der Waals surface area contributed by atoms with E-state index < -0.39 is 0 Å². The van der Waals surface area contributed by atoms with Crippen molar-refractivity contribution in [2.45, 2.75) is 30.8 Å². The zero-order valence-corrected chi connectivity index (χ0v) is 19.5. The first kappa shape index (κ1) is 22.5. The lowest BCUT2D eigenvalue weighted by Gasteiger charge is -2.32. The van der Waals surface area contributed by atoms with E-state index in [0.717, 1.165) is 37.9 Å². The van der Waals surface area contributed by atoms with E-state index in [9.17, 15) is 9.18 Å². The Balaban J connectivity index is 1.17. The molecule has 1 saturated heterocycles. The van der Waals surface area contributed by atoms with Gasteiger partial charge in [0, 0.05) is 13.1 Å². The molecule has 7 nitrogen and oxygen atoms in total. The van der Waals surface area contributed by atoms with Gasteiger partial charge in [0.1, 0.15) is 17.2 Å². The van der Waals surface area contributed by atoms with Gasteiger partial charge in [0.15, 0.2) is 11.2 Å². The monoisotopic (exact) mass is 476 g/mol. The topological polar surface area (TPSA) is 76.8 Å². The molecular formula is C25H25FN6OS. The van der Waals surface area contributed by atoms with Crippen molar-refractivity contribution in [2.24, 2.45) is 5.92 Å². The molecule has 0 aliphatic carbocycles. The number of rotatable bonds is 7. The maximum atomic E-state index is 13.2. The summed E-state index contributed by atoms with van der Waals surface area (Å²) in [5, 5.41) is 9.08. The minimum atomic E-state index is -0.279. The summed E-state index contributed by atoms with van der Waals surface area (Å²) in [4.78, 5) is 23.4. The third-order valence-electron chi connectivity index (χ3n) is 6.18. The largest absolute Gasteiger partial charge is 0.342 e. The van der Waals surface area contributed by atoms with Crippen LogP contribution in [0.4, 0.5) is 4.39 Å². The lowest BCUT2D eigenvalue weighted by molar-refractivity contribution is -0.129. The van der Waals surface area contributed by atoms with Crippen molar-refractivity contribution in [3.8, 4) is 0 Å². The maximum Gasteiger partial charge on any atom is 0.232 e. The summed E-state index contributed by atoms with van der Waals surface area (Å²) in [7, 11) is 0. The molecule has 4 aromatic rings. The fourth-order valence-corrected chi connectivity index (χ4v) is 5.13. The number of amides is 1. The number of halogens is 1. The van der Waals surface area contributed by atoms with Gasteiger partial charge in [-0.1, -0.05) is 59.4 Å². The molecule has 0 atom stereocenters. The van der Waals surface area contributed by atoms with Crippen LogP contribution in [0.2, 0.25) is 0 Å². The fraction of sp³-hybridized carbons (Fsp3) is 0.320. The van der Waals surface area contributed by atoms with Crippen molar-refractivity contribution in [3.05, 3.63) is 77.9 Å². The Morgan fingerprint density at radius 3 is 2.53 bits per heavy atom. The van der Waals surface area contributed by atoms with Gasteiger partial charge in [-0.25, -0.2) is 19.0 Å². The van der Waals surface area contributed by atoms with Crippen LogP contribution >= 0.6 is 11.8 Å². The third kappa shape index (κ3) is 5.25.